The van der Waals surface area contributed by atoms with Crippen LogP contribution in [0.1, 0.15) is 11.1 Å². The summed E-state index contributed by atoms with van der Waals surface area (Å²) in [6.45, 7) is 4.30. The first kappa shape index (κ1) is 11.5. The minimum Gasteiger partial charge on any atom is -0.282 e. The van der Waals surface area contributed by atoms with Gasteiger partial charge in [0.25, 0.3) is 0 Å². The number of rotatable bonds is 2. The maximum Gasteiger partial charge on any atom is 0.0646 e. The van der Waals surface area contributed by atoms with Crippen molar-refractivity contribution in [1.29, 1.82) is 0 Å². The van der Waals surface area contributed by atoms with Crippen LogP contribution in [0.5, 0.6) is 0 Å². The smallest absolute Gasteiger partial charge is 0.0646 e. The van der Waals surface area contributed by atoms with Crippen LogP contribution >= 0.6 is 22.9 Å². The second-order valence-corrected chi connectivity index (χ2v) is 4.82. The molecule has 0 spiro atoms. The molecule has 0 radical (unpaired) electrons. The molecule has 16 heavy (non-hydrogen) atoms. The molecule has 0 bridgehead atoms. The minimum atomic E-state index is 1.21. The molecule has 0 saturated heterocycles. The molecular formula is C14H14IN. The Morgan fingerprint density at radius 2 is 1.38 bits per heavy atom. The number of hydrogen-bond donors (Lipinski definition) is 0. The molecule has 0 heterocycles. The first-order chi connectivity index (χ1) is 7.70. The summed E-state index contributed by atoms with van der Waals surface area (Å²) in [5.74, 6) is 0. The number of nitrogens with zero attached hydrogens (tertiary/aromatic N) is 1. The molecule has 1 nitrogen and oxygen atoms in total. The highest BCUT2D eigenvalue weighted by atomic mass is 127. The van der Waals surface area contributed by atoms with Gasteiger partial charge >= 0.3 is 0 Å². The van der Waals surface area contributed by atoms with E-state index in [9.17, 15) is 0 Å². The van der Waals surface area contributed by atoms with Crippen molar-refractivity contribution < 1.29 is 0 Å². The number of hydrogen-bond acceptors (Lipinski definition) is 1. The van der Waals surface area contributed by atoms with E-state index in [2.05, 4.69) is 82.3 Å². The third kappa shape index (κ3) is 2.21. The molecule has 0 amide bonds. The Morgan fingerprint density at radius 3 is 1.94 bits per heavy atom. The predicted octanol–water partition coefficient (Wildman–Crippen LogP) is 4.79. The van der Waals surface area contributed by atoms with Crippen molar-refractivity contribution in [3.63, 3.8) is 0 Å². The Labute approximate surface area is 111 Å². The van der Waals surface area contributed by atoms with Gasteiger partial charge < -0.3 is 0 Å². The number of benzene rings is 2. The highest BCUT2D eigenvalue weighted by Gasteiger charge is 2.10. The Kier molecular flexibility index (Phi) is 3.49. The molecule has 0 aromatic heterocycles. The van der Waals surface area contributed by atoms with Crippen molar-refractivity contribution >= 4 is 34.2 Å². The molecule has 0 atom stereocenters. The van der Waals surface area contributed by atoms with Crippen LogP contribution in [0, 0.1) is 13.8 Å². The third-order valence-corrected chi connectivity index (χ3v) is 3.66. The molecule has 0 saturated carbocycles. The van der Waals surface area contributed by atoms with Gasteiger partial charge in [-0.1, -0.05) is 36.4 Å². The lowest BCUT2D eigenvalue weighted by molar-refractivity contribution is 1.32. The molecule has 0 fully saturated rings. The lowest BCUT2D eigenvalue weighted by atomic mass is 10.1. The first-order valence-electron chi connectivity index (χ1n) is 5.27. The van der Waals surface area contributed by atoms with E-state index in [-0.39, 0.29) is 0 Å². The summed E-state index contributed by atoms with van der Waals surface area (Å²) >= 11 is 2.36. The number of para-hydroxylation sites is 2. The Bertz CT molecular complexity index is 459. The van der Waals surface area contributed by atoms with Gasteiger partial charge in [-0.05, 0) is 37.1 Å². The Balaban J connectivity index is 2.46. The van der Waals surface area contributed by atoms with Crippen molar-refractivity contribution in [3.05, 3.63) is 59.7 Å². The minimum absolute atomic E-state index is 1.21. The van der Waals surface area contributed by atoms with Gasteiger partial charge in [0.2, 0.25) is 0 Å². The molecule has 82 valence electrons. The zero-order valence-electron chi connectivity index (χ0n) is 9.44. The normalized spacial score (nSPS) is 10.2. The molecule has 2 rings (SSSR count). The summed E-state index contributed by atoms with van der Waals surface area (Å²) in [5, 5.41) is 0. The van der Waals surface area contributed by atoms with E-state index in [1.165, 1.54) is 22.5 Å². The van der Waals surface area contributed by atoms with Crippen LogP contribution in [0.4, 0.5) is 11.4 Å². The van der Waals surface area contributed by atoms with E-state index in [0.29, 0.717) is 0 Å². The van der Waals surface area contributed by atoms with E-state index in [1.807, 2.05) is 6.07 Å². The fourth-order valence-corrected chi connectivity index (χ4v) is 2.89. The summed E-state index contributed by atoms with van der Waals surface area (Å²) in [6.07, 6.45) is 0. The molecule has 2 aromatic carbocycles. The average Bonchev–Trinajstić information content (AvgIpc) is 2.30. The average molecular weight is 323 g/mol. The summed E-state index contributed by atoms with van der Waals surface area (Å²) in [7, 11) is 0. The van der Waals surface area contributed by atoms with Crippen LogP contribution in [-0.2, 0) is 0 Å². The van der Waals surface area contributed by atoms with E-state index >= 15 is 0 Å². The van der Waals surface area contributed by atoms with Crippen LogP contribution in [0.3, 0.4) is 0 Å². The van der Waals surface area contributed by atoms with Crippen LogP contribution < -0.4 is 3.11 Å². The highest BCUT2D eigenvalue weighted by Crippen LogP contribution is 2.34. The van der Waals surface area contributed by atoms with Gasteiger partial charge in [-0.3, -0.25) is 3.11 Å². The van der Waals surface area contributed by atoms with Crippen LogP contribution in [0.2, 0.25) is 0 Å². The summed E-state index contributed by atoms with van der Waals surface area (Å²) < 4.78 is 2.21. The molecule has 2 aromatic rings. The molecule has 0 N–H and O–H groups in total. The molecule has 0 unspecified atom stereocenters. The van der Waals surface area contributed by atoms with Gasteiger partial charge in [0, 0.05) is 0 Å². The summed E-state index contributed by atoms with van der Waals surface area (Å²) in [4.78, 5) is 0. The zero-order valence-corrected chi connectivity index (χ0v) is 11.6. The third-order valence-electron chi connectivity index (χ3n) is 2.62. The molecular weight excluding hydrogens is 309 g/mol. The highest BCUT2D eigenvalue weighted by molar-refractivity contribution is 14.1. The Hall–Kier alpha value is -1.03. The first-order valence-corrected chi connectivity index (χ1v) is 6.24. The van der Waals surface area contributed by atoms with Gasteiger partial charge in [0.1, 0.15) is 0 Å². The standard InChI is InChI=1S/C14H14IN/c1-11-7-6-8-12(2)14(11)16(15)13-9-4-3-5-10-13/h3-10H,1-2H3. The van der Waals surface area contributed by atoms with Gasteiger partial charge in [-0.25, -0.2) is 0 Å². The van der Waals surface area contributed by atoms with Gasteiger partial charge in [0.05, 0.1) is 34.2 Å². The van der Waals surface area contributed by atoms with E-state index in [1.54, 1.807) is 0 Å². The topological polar surface area (TPSA) is 3.24 Å². The second kappa shape index (κ2) is 4.87. The van der Waals surface area contributed by atoms with Crippen molar-refractivity contribution in [2.45, 2.75) is 13.8 Å². The zero-order chi connectivity index (χ0) is 11.5. The molecule has 0 aliphatic carbocycles. The van der Waals surface area contributed by atoms with Gasteiger partial charge in [-0.2, -0.15) is 0 Å². The lowest BCUT2D eigenvalue weighted by Gasteiger charge is -2.21. The maximum absolute atomic E-state index is 2.36. The van der Waals surface area contributed by atoms with Gasteiger partial charge in [-0.15, -0.1) is 0 Å². The number of halogens is 1. The van der Waals surface area contributed by atoms with Crippen LogP contribution in [0.15, 0.2) is 48.5 Å². The summed E-state index contributed by atoms with van der Waals surface area (Å²) in [5.41, 5.74) is 5.10. The van der Waals surface area contributed by atoms with E-state index in [0.717, 1.165) is 0 Å². The second-order valence-electron chi connectivity index (χ2n) is 3.86. The van der Waals surface area contributed by atoms with Crippen molar-refractivity contribution in [3.8, 4) is 0 Å². The van der Waals surface area contributed by atoms with Crippen LogP contribution in [-0.4, -0.2) is 0 Å². The molecule has 0 aliphatic heterocycles. The number of aryl methyl sites for hydroxylation is 2. The van der Waals surface area contributed by atoms with Crippen molar-refractivity contribution in [2.75, 3.05) is 3.11 Å². The fraction of sp³-hybridized carbons (Fsp3) is 0.143. The predicted molar refractivity (Wildman–Crippen MR) is 78.5 cm³/mol. The molecule has 2 heteroatoms. The monoisotopic (exact) mass is 323 g/mol. The van der Waals surface area contributed by atoms with E-state index < -0.39 is 0 Å². The van der Waals surface area contributed by atoms with Crippen molar-refractivity contribution in [1.82, 2.24) is 0 Å². The lowest BCUT2D eigenvalue weighted by Crippen LogP contribution is -2.04. The maximum atomic E-state index is 2.36. The van der Waals surface area contributed by atoms with Crippen molar-refractivity contribution in [2.24, 2.45) is 0 Å². The van der Waals surface area contributed by atoms with Gasteiger partial charge in [0.15, 0.2) is 0 Å². The van der Waals surface area contributed by atoms with E-state index in [4.69, 9.17) is 0 Å². The quantitative estimate of drug-likeness (QED) is 0.567. The largest absolute Gasteiger partial charge is 0.282 e. The van der Waals surface area contributed by atoms with Crippen LogP contribution in [0.25, 0.3) is 0 Å². The molecule has 0 aliphatic rings. The number of anilines is 2. The Morgan fingerprint density at radius 1 is 0.812 bits per heavy atom. The SMILES string of the molecule is Cc1cccc(C)c1N(I)c1ccccc1. The summed E-state index contributed by atoms with van der Waals surface area (Å²) in [6, 6.07) is 16.8. The fourth-order valence-electron chi connectivity index (χ4n) is 1.80.